The van der Waals surface area contributed by atoms with Crippen LogP contribution in [0.4, 0.5) is 24.5 Å². The molecule has 1 amide bonds. The number of hydrogen-bond donors (Lipinski definition) is 1. The van der Waals surface area contributed by atoms with E-state index in [4.69, 9.17) is 0 Å². The van der Waals surface area contributed by atoms with E-state index < -0.39 is 17.6 Å². The number of anilines is 2. The van der Waals surface area contributed by atoms with Gasteiger partial charge in [-0.15, -0.1) is 0 Å². The summed E-state index contributed by atoms with van der Waals surface area (Å²) >= 11 is 0. The third kappa shape index (κ3) is 4.34. The molecule has 144 valence electrons. The molecule has 6 heteroatoms. The maximum absolute atomic E-state index is 13.4. The van der Waals surface area contributed by atoms with Gasteiger partial charge >= 0.3 is 6.18 Å². The van der Waals surface area contributed by atoms with Gasteiger partial charge in [-0.1, -0.05) is 42.5 Å². The summed E-state index contributed by atoms with van der Waals surface area (Å²) in [5.74, 6) is -0.595. The summed E-state index contributed by atoms with van der Waals surface area (Å²) < 4.78 is 40.2. The van der Waals surface area contributed by atoms with Gasteiger partial charge in [-0.3, -0.25) is 4.79 Å². The summed E-state index contributed by atoms with van der Waals surface area (Å²) in [5, 5.41) is 2.38. The molecule has 0 atom stereocenters. The number of nitrogens with zero attached hydrogens (tertiary/aromatic N) is 1. The van der Waals surface area contributed by atoms with E-state index in [1.807, 2.05) is 30.3 Å². The van der Waals surface area contributed by atoms with Crippen LogP contribution in [0.5, 0.6) is 0 Å². The van der Waals surface area contributed by atoms with Gasteiger partial charge in [-0.25, -0.2) is 0 Å². The fraction of sp³-hybridized carbons (Fsp3) is 0.136. The Labute approximate surface area is 161 Å². The van der Waals surface area contributed by atoms with E-state index in [2.05, 4.69) is 5.32 Å². The standard InChI is InChI=1S/C22H19F3N2O/c1-27(2)18-12-13-20(19(14-18)22(23,24)25)26-21(28)17-10-8-16(9-11-17)15-6-4-3-5-7-15/h3-14H,1-2H3,(H,26,28). The number of benzene rings is 3. The van der Waals surface area contributed by atoms with E-state index in [1.54, 1.807) is 43.3 Å². The first-order valence-electron chi connectivity index (χ1n) is 8.61. The summed E-state index contributed by atoms with van der Waals surface area (Å²) in [4.78, 5) is 14.0. The van der Waals surface area contributed by atoms with Crippen LogP contribution in [0.3, 0.4) is 0 Å². The van der Waals surface area contributed by atoms with Gasteiger partial charge < -0.3 is 10.2 Å². The van der Waals surface area contributed by atoms with Crippen molar-refractivity contribution in [1.29, 1.82) is 0 Å². The third-order valence-corrected chi connectivity index (χ3v) is 4.33. The van der Waals surface area contributed by atoms with Gasteiger partial charge in [0.05, 0.1) is 11.3 Å². The average Bonchev–Trinajstić information content (AvgIpc) is 2.68. The van der Waals surface area contributed by atoms with E-state index in [1.165, 1.54) is 12.1 Å². The Morgan fingerprint density at radius 2 is 1.46 bits per heavy atom. The monoisotopic (exact) mass is 384 g/mol. The Morgan fingerprint density at radius 1 is 0.857 bits per heavy atom. The third-order valence-electron chi connectivity index (χ3n) is 4.33. The molecule has 3 aromatic rings. The fourth-order valence-corrected chi connectivity index (χ4v) is 2.79. The zero-order chi connectivity index (χ0) is 20.3. The van der Waals surface area contributed by atoms with Crippen LogP contribution in [0.2, 0.25) is 0 Å². The van der Waals surface area contributed by atoms with Crippen molar-refractivity contribution in [2.45, 2.75) is 6.18 Å². The molecular weight excluding hydrogens is 365 g/mol. The van der Waals surface area contributed by atoms with Crippen LogP contribution in [-0.4, -0.2) is 20.0 Å². The molecule has 0 heterocycles. The molecule has 0 aliphatic rings. The second-order valence-electron chi connectivity index (χ2n) is 6.52. The number of halogens is 3. The van der Waals surface area contributed by atoms with Gasteiger partial charge in [0.2, 0.25) is 0 Å². The molecule has 0 aromatic heterocycles. The Hall–Kier alpha value is -3.28. The summed E-state index contributed by atoms with van der Waals surface area (Å²) in [6.07, 6.45) is -4.58. The second kappa shape index (κ2) is 7.76. The summed E-state index contributed by atoms with van der Waals surface area (Å²) in [7, 11) is 3.31. The van der Waals surface area contributed by atoms with E-state index >= 15 is 0 Å². The van der Waals surface area contributed by atoms with Crippen molar-refractivity contribution in [3.05, 3.63) is 83.9 Å². The normalized spacial score (nSPS) is 11.2. The summed E-state index contributed by atoms with van der Waals surface area (Å²) in [6, 6.07) is 20.2. The topological polar surface area (TPSA) is 32.3 Å². The number of rotatable bonds is 4. The van der Waals surface area contributed by atoms with Crippen molar-refractivity contribution < 1.29 is 18.0 Å². The molecule has 3 rings (SSSR count). The lowest BCUT2D eigenvalue weighted by molar-refractivity contribution is -0.136. The minimum Gasteiger partial charge on any atom is -0.378 e. The van der Waals surface area contributed by atoms with Crippen LogP contribution >= 0.6 is 0 Å². The van der Waals surface area contributed by atoms with Crippen LogP contribution in [0, 0.1) is 0 Å². The molecule has 3 nitrogen and oxygen atoms in total. The highest BCUT2D eigenvalue weighted by Crippen LogP contribution is 2.37. The number of alkyl halides is 3. The van der Waals surface area contributed by atoms with Crippen molar-refractivity contribution in [2.24, 2.45) is 0 Å². The molecule has 0 saturated heterocycles. The summed E-state index contributed by atoms with van der Waals surface area (Å²) in [6.45, 7) is 0. The van der Waals surface area contributed by atoms with E-state index in [-0.39, 0.29) is 11.3 Å². The van der Waals surface area contributed by atoms with Gasteiger partial charge in [-0.05, 0) is 41.5 Å². The van der Waals surface area contributed by atoms with E-state index in [9.17, 15) is 18.0 Å². The molecule has 0 aliphatic heterocycles. The van der Waals surface area contributed by atoms with Gasteiger partial charge in [-0.2, -0.15) is 13.2 Å². The predicted octanol–water partition coefficient (Wildman–Crippen LogP) is 5.69. The molecular formula is C22H19F3N2O. The van der Waals surface area contributed by atoms with Crippen LogP contribution in [0.25, 0.3) is 11.1 Å². The quantitative estimate of drug-likeness (QED) is 0.627. The number of nitrogens with one attached hydrogen (secondary N) is 1. The van der Waals surface area contributed by atoms with Crippen molar-refractivity contribution in [3.63, 3.8) is 0 Å². The zero-order valence-corrected chi connectivity index (χ0v) is 15.4. The SMILES string of the molecule is CN(C)c1ccc(NC(=O)c2ccc(-c3ccccc3)cc2)c(C(F)(F)F)c1. The Morgan fingerprint density at radius 3 is 2.04 bits per heavy atom. The van der Waals surface area contributed by atoms with Crippen LogP contribution in [0.1, 0.15) is 15.9 Å². The highest BCUT2D eigenvalue weighted by molar-refractivity contribution is 6.05. The predicted molar refractivity (Wildman–Crippen MR) is 106 cm³/mol. The largest absolute Gasteiger partial charge is 0.418 e. The maximum atomic E-state index is 13.4. The maximum Gasteiger partial charge on any atom is 0.418 e. The molecule has 28 heavy (non-hydrogen) atoms. The molecule has 0 fully saturated rings. The minimum absolute atomic E-state index is 0.268. The van der Waals surface area contributed by atoms with Crippen LogP contribution < -0.4 is 10.2 Å². The van der Waals surface area contributed by atoms with Gasteiger partial charge in [0.15, 0.2) is 0 Å². The lowest BCUT2D eigenvalue weighted by Crippen LogP contribution is -2.18. The molecule has 0 unspecified atom stereocenters. The zero-order valence-electron chi connectivity index (χ0n) is 15.4. The molecule has 0 saturated carbocycles. The average molecular weight is 384 g/mol. The molecule has 3 aromatic carbocycles. The molecule has 0 radical (unpaired) electrons. The first-order valence-corrected chi connectivity index (χ1v) is 8.61. The summed E-state index contributed by atoms with van der Waals surface area (Å²) in [5.41, 5.74) is 1.45. The Bertz CT molecular complexity index is 965. The van der Waals surface area contributed by atoms with E-state index in [0.29, 0.717) is 5.69 Å². The first-order chi connectivity index (χ1) is 13.3. The van der Waals surface area contributed by atoms with Gasteiger partial charge in [0.25, 0.3) is 5.91 Å². The van der Waals surface area contributed by atoms with Crippen molar-refractivity contribution >= 4 is 17.3 Å². The number of amides is 1. The highest BCUT2D eigenvalue weighted by atomic mass is 19.4. The minimum atomic E-state index is -4.58. The van der Waals surface area contributed by atoms with Crippen molar-refractivity contribution in [1.82, 2.24) is 0 Å². The smallest absolute Gasteiger partial charge is 0.378 e. The fourth-order valence-electron chi connectivity index (χ4n) is 2.79. The lowest BCUT2D eigenvalue weighted by atomic mass is 10.0. The highest BCUT2D eigenvalue weighted by Gasteiger charge is 2.34. The number of hydrogen-bond acceptors (Lipinski definition) is 2. The Balaban J connectivity index is 1.85. The molecule has 0 bridgehead atoms. The number of carbonyl (C=O) groups excluding carboxylic acids is 1. The van der Waals surface area contributed by atoms with Gasteiger partial charge in [0, 0.05) is 25.3 Å². The Kier molecular flexibility index (Phi) is 5.40. The van der Waals surface area contributed by atoms with Gasteiger partial charge in [0.1, 0.15) is 0 Å². The van der Waals surface area contributed by atoms with E-state index in [0.717, 1.165) is 17.2 Å². The van der Waals surface area contributed by atoms with Crippen LogP contribution in [0.15, 0.2) is 72.8 Å². The van der Waals surface area contributed by atoms with Crippen LogP contribution in [-0.2, 0) is 6.18 Å². The first kappa shape index (κ1) is 19.5. The molecule has 1 N–H and O–H groups in total. The second-order valence-corrected chi connectivity index (χ2v) is 6.52. The van der Waals surface area contributed by atoms with Crippen molar-refractivity contribution in [2.75, 3.05) is 24.3 Å². The number of carbonyl (C=O) groups is 1. The lowest BCUT2D eigenvalue weighted by Gasteiger charge is -2.18. The molecule has 0 aliphatic carbocycles. The molecule has 0 spiro atoms. The van der Waals surface area contributed by atoms with Crippen molar-refractivity contribution in [3.8, 4) is 11.1 Å².